The van der Waals surface area contributed by atoms with Crippen molar-refractivity contribution in [2.45, 2.75) is 0 Å². The van der Waals surface area contributed by atoms with E-state index in [0.29, 0.717) is 0 Å². The van der Waals surface area contributed by atoms with Gasteiger partial charge in [0.25, 0.3) is 0 Å². The van der Waals surface area contributed by atoms with E-state index in [1.54, 1.807) is 0 Å². The van der Waals surface area contributed by atoms with Crippen LogP contribution in [0.5, 0.6) is 0 Å². The van der Waals surface area contributed by atoms with Crippen molar-refractivity contribution in [3.05, 3.63) is 23.8 Å². The van der Waals surface area contributed by atoms with Gasteiger partial charge in [-0.15, -0.1) is 0 Å². The Kier molecular flexibility index (Phi) is 2.96. The number of rotatable bonds is 2. The first-order chi connectivity index (χ1) is 3.68. The summed E-state index contributed by atoms with van der Waals surface area (Å²) in [5.74, 6) is -1.13. The second kappa shape index (κ2) is 3.27. The highest BCUT2D eigenvalue weighted by Gasteiger charge is 1.97. The zero-order chi connectivity index (χ0) is 6.57. The summed E-state index contributed by atoms with van der Waals surface area (Å²) in [5.41, 5.74) is 0. The molecule has 0 radical (unpaired) electrons. The summed E-state index contributed by atoms with van der Waals surface area (Å²) < 4.78 is 0. The molecule has 1 N–H and O–H groups in total. The number of carboxylic acid groups (broad SMARTS) is 1. The molecular weight excluding hydrogens is 128 g/mol. The first-order valence-electron chi connectivity index (χ1n) is 1.90. The molecule has 0 unspecified atom stereocenters. The second-order valence-corrected chi connectivity index (χ2v) is 1.46. The Morgan fingerprint density at radius 1 is 1.75 bits per heavy atom. The van der Waals surface area contributed by atoms with Crippen LogP contribution in [-0.4, -0.2) is 11.1 Å². The predicted molar refractivity (Wildman–Crippen MR) is 31.8 cm³/mol. The topological polar surface area (TPSA) is 37.3 Å². The standard InChI is InChI=1S/C5H5ClO2/c1-2-3-4(6)5(7)8/h2-3H,1H2,(H,7,8)/b4-3-. The quantitative estimate of drug-likeness (QED) is 0.455. The molecule has 0 aromatic carbocycles. The summed E-state index contributed by atoms with van der Waals surface area (Å²) in [6, 6.07) is 0. The SMILES string of the molecule is C=C/C=C(\Cl)C(=O)O. The summed E-state index contributed by atoms with van der Waals surface area (Å²) >= 11 is 5.11. The molecule has 2 nitrogen and oxygen atoms in total. The van der Waals surface area contributed by atoms with E-state index >= 15 is 0 Å². The Balaban J connectivity index is 3.99. The molecule has 0 bridgehead atoms. The third kappa shape index (κ3) is 2.42. The van der Waals surface area contributed by atoms with E-state index in [2.05, 4.69) is 6.58 Å². The highest BCUT2D eigenvalue weighted by Crippen LogP contribution is 1.99. The van der Waals surface area contributed by atoms with Crippen LogP contribution in [0, 0.1) is 0 Å². The molecule has 0 aromatic rings. The summed E-state index contributed by atoms with van der Waals surface area (Å²) in [4.78, 5) is 9.84. The number of halogens is 1. The van der Waals surface area contributed by atoms with Crippen molar-refractivity contribution in [2.75, 3.05) is 0 Å². The van der Waals surface area contributed by atoms with Gasteiger partial charge in [-0.05, 0) is 6.08 Å². The number of carboxylic acids is 1. The Hall–Kier alpha value is -0.760. The maximum absolute atomic E-state index is 9.84. The largest absolute Gasteiger partial charge is 0.477 e. The lowest BCUT2D eigenvalue weighted by Gasteiger charge is -1.82. The lowest BCUT2D eigenvalue weighted by Crippen LogP contribution is -1.91. The number of hydrogen-bond donors (Lipinski definition) is 1. The molecule has 0 aliphatic rings. The molecule has 0 aliphatic carbocycles. The highest BCUT2D eigenvalue weighted by atomic mass is 35.5. The van der Waals surface area contributed by atoms with Gasteiger partial charge in [0, 0.05) is 0 Å². The van der Waals surface area contributed by atoms with Gasteiger partial charge in [-0.2, -0.15) is 0 Å². The van der Waals surface area contributed by atoms with Crippen LogP contribution >= 0.6 is 11.6 Å². The smallest absolute Gasteiger partial charge is 0.347 e. The summed E-state index contributed by atoms with van der Waals surface area (Å²) in [5, 5.41) is 7.84. The molecule has 3 heteroatoms. The zero-order valence-electron chi connectivity index (χ0n) is 4.10. The lowest BCUT2D eigenvalue weighted by molar-refractivity contribution is -0.131. The molecule has 0 amide bonds. The van der Waals surface area contributed by atoms with Gasteiger partial charge in [0.2, 0.25) is 0 Å². The average Bonchev–Trinajstić information content (AvgIpc) is 1.67. The molecule has 44 valence electrons. The fourth-order valence-electron chi connectivity index (χ4n) is 0.175. The fraction of sp³-hybridized carbons (Fsp3) is 0. The second-order valence-electron chi connectivity index (χ2n) is 1.06. The summed E-state index contributed by atoms with van der Waals surface area (Å²) in [7, 11) is 0. The van der Waals surface area contributed by atoms with Gasteiger partial charge in [0.15, 0.2) is 0 Å². The summed E-state index contributed by atoms with van der Waals surface area (Å²) in [6.45, 7) is 3.26. The van der Waals surface area contributed by atoms with Crippen LogP contribution in [-0.2, 0) is 4.79 Å². The van der Waals surface area contributed by atoms with Crippen molar-refractivity contribution >= 4 is 17.6 Å². The fourth-order valence-corrected chi connectivity index (χ4v) is 0.264. The van der Waals surface area contributed by atoms with Crippen molar-refractivity contribution in [1.82, 2.24) is 0 Å². The molecule has 0 fully saturated rings. The number of carbonyl (C=O) groups is 1. The molecule has 0 saturated carbocycles. The molecule has 0 rings (SSSR count). The van der Waals surface area contributed by atoms with E-state index in [-0.39, 0.29) is 5.03 Å². The van der Waals surface area contributed by atoms with Gasteiger partial charge in [-0.25, -0.2) is 4.79 Å². The third-order valence-electron chi connectivity index (χ3n) is 0.468. The van der Waals surface area contributed by atoms with Gasteiger partial charge in [-0.3, -0.25) is 0 Å². The normalized spacial score (nSPS) is 10.9. The molecule has 8 heavy (non-hydrogen) atoms. The molecule has 0 atom stereocenters. The molecule has 0 spiro atoms. The van der Waals surface area contributed by atoms with Crippen LogP contribution in [0.3, 0.4) is 0 Å². The van der Waals surface area contributed by atoms with Crippen LogP contribution in [0.15, 0.2) is 23.8 Å². The van der Waals surface area contributed by atoms with Crippen LogP contribution in [0.2, 0.25) is 0 Å². The van der Waals surface area contributed by atoms with E-state index in [9.17, 15) is 4.79 Å². The number of aliphatic carboxylic acids is 1. The summed E-state index contributed by atoms with van der Waals surface area (Å²) in [6.07, 6.45) is 2.53. The Labute approximate surface area is 52.1 Å². The van der Waals surface area contributed by atoms with Crippen molar-refractivity contribution < 1.29 is 9.90 Å². The monoisotopic (exact) mass is 132 g/mol. The van der Waals surface area contributed by atoms with E-state index in [4.69, 9.17) is 16.7 Å². The Bertz CT molecular complexity index is 137. The molecule has 0 aliphatic heterocycles. The predicted octanol–water partition coefficient (Wildman–Crippen LogP) is 1.38. The van der Waals surface area contributed by atoms with Gasteiger partial charge in [0.05, 0.1) is 0 Å². The third-order valence-corrected chi connectivity index (χ3v) is 0.756. The minimum absolute atomic E-state index is 0.222. The maximum Gasteiger partial charge on any atom is 0.347 e. The van der Waals surface area contributed by atoms with E-state index in [0.717, 1.165) is 0 Å². The first kappa shape index (κ1) is 7.24. The van der Waals surface area contributed by atoms with Gasteiger partial charge in [-0.1, -0.05) is 24.3 Å². The number of allylic oxidation sites excluding steroid dienone is 2. The molecule has 0 saturated heterocycles. The van der Waals surface area contributed by atoms with E-state index in [1.165, 1.54) is 12.2 Å². The molecule has 0 heterocycles. The zero-order valence-corrected chi connectivity index (χ0v) is 4.85. The van der Waals surface area contributed by atoms with E-state index in [1.807, 2.05) is 0 Å². The van der Waals surface area contributed by atoms with Crippen molar-refractivity contribution in [3.8, 4) is 0 Å². The molecule has 0 aromatic heterocycles. The maximum atomic E-state index is 9.84. The van der Waals surface area contributed by atoms with Crippen LogP contribution in [0.25, 0.3) is 0 Å². The van der Waals surface area contributed by atoms with Crippen LogP contribution < -0.4 is 0 Å². The van der Waals surface area contributed by atoms with Gasteiger partial charge < -0.3 is 5.11 Å². The van der Waals surface area contributed by atoms with Crippen molar-refractivity contribution in [3.63, 3.8) is 0 Å². The minimum Gasteiger partial charge on any atom is -0.477 e. The molecular formula is C5H5ClO2. The number of hydrogen-bond acceptors (Lipinski definition) is 1. The average molecular weight is 133 g/mol. The Morgan fingerprint density at radius 2 is 2.25 bits per heavy atom. The Morgan fingerprint density at radius 3 is 2.38 bits per heavy atom. The van der Waals surface area contributed by atoms with Crippen LogP contribution in [0.1, 0.15) is 0 Å². The highest BCUT2D eigenvalue weighted by molar-refractivity contribution is 6.41. The first-order valence-corrected chi connectivity index (χ1v) is 2.27. The minimum atomic E-state index is -1.13. The van der Waals surface area contributed by atoms with E-state index < -0.39 is 5.97 Å². The van der Waals surface area contributed by atoms with Gasteiger partial charge >= 0.3 is 5.97 Å². The van der Waals surface area contributed by atoms with Crippen LogP contribution in [0.4, 0.5) is 0 Å². The van der Waals surface area contributed by atoms with Crippen molar-refractivity contribution in [1.29, 1.82) is 0 Å². The van der Waals surface area contributed by atoms with Gasteiger partial charge in [0.1, 0.15) is 5.03 Å². The lowest BCUT2D eigenvalue weighted by atomic mass is 10.5. The van der Waals surface area contributed by atoms with Crippen molar-refractivity contribution in [2.24, 2.45) is 0 Å².